The molecule has 34 heavy (non-hydrogen) atoms. The molecular formula is C26H34N6O2. The van der Waals surface area contributed by atoms with E-state index in [1.807, 2.05) is 29.1 Å². The molecule has 3 heterocycles. The minimum atomic E-state index is -0.204. The van der Waals surface area contributed by atoms with Crippen LogP contribution in [0.15, 0.2) is 42.7 Å². The molecule has 1 aromatic carbocycles. The van der Waals surface area contributed by atoms with Crippen LogP contribution < -0.4 is 5.32 Å². The molecule has 1 unspecified atom stereocenters. The minimum absolute atomic E-state index is 0.0209. The second kappa shape index (κ2) is 8.67. The summed E-state index contributed by atoms with van der Waals surface area (Å²) in [5.74, 6) is 0.109. The summed E-state index contributed by atoms with van der Waals surface area (Å²) in [7, 11) is 1.75. The Kier molecular flexibility index (Phi) is 5.81. The van der Waals surface area contributed by atoms with Crippen LogP contribution in [0, 0.1) is 16.5 Å². The van der Waals surface area contributed by atoms with Gasteiger partial charge in [-0.1, -0.05) is 44.2 Å². The lowest BCUT2D eigenvalue weighted by atomic mass is 9.76. The van der Waals surface area contributed by atoms with Crippen molar-refractivity contribution < 1.29 is 9.44 Å². The van der Waals surface area contributed by atoms with Gasteiger partial charge in [0, 0.05) is 30.3 Å². The Morgan fingerprint density at radius 1 is 1.26 bits per heavy atom. The molecule has 2 aromatic heterocycles. The highest BCUT2D eigenvalue weighted by Crippen LogP contribution is 2.36. The molecule has 180 valence electrons. The van der Waals surface area contributed by atoms with Gasteiger partial charge < -0.3 is 15.2 Å². The van der Waals surface area contributed by atoms with E-state index < -0.39 is 0 Å². The molecule has 8 heteroatoms. The number of benzene rings is 1. The Morgan fingerprint density at radius 3 is 2.74 bits per heavy atom. The fourth-order valence-corrected chi connectivity index (χ4v) is 5.52. The first-order valence-electron chi connectivity index (χ1n) is 12.2. The average molecular weight is 463 g/mol. The summed E-state index contributed by atoms with van der Waals surface area (Å²) in [4.78, 5) is 13.1. The summed E-state index contributed by atoms with van der Waals surface area (Å²) in [6, 6.07) is 10.3. The Hall–Kier alpha value is -2.97. The summed E-state index contributed by atoms with van der Waals surface area (Å²) in [5, 5.41) is 27.5. The quantitative estimate of drug-likeness (QED) is 0.436. The van der Waals surface area contributed by atoms with Crippen LogP contribution in [0.5, 0.6) is 0 Å². The monoisotopic (exact) mass is 462 g/mol. The highest BCUT2D eigenvalue weighted by atomic mass is 16.5. The number of quaternary nitrogens is 1. The number of amides is 1. The number of likely N-dealkylation sites (tertiary alicyclic amines) is 1. The maximum Gasteiger partial charge on any atom is 0.276 e. The third-order valence-electron chi connectivity index (χ3n) is 7.55. The number of carbonyl (C=O) groups is 1. The van der Waals surface area contributed by atoms with Crippen molar-refractivity contribution in [1.82, 2.24) is 20.0 Å². The molecule has 1 aliphatic carbocycles. The lowest BCUT2D eigenvalue weighted by Crippen LogP contribution is -2.46. The number of piperidine rings is 1. The smallest absolute Gasteiger partial charge is 0.276 e. The topological polar surface area (TPSA) is 98.7 Å². The number of fused-ring (bicyclic) bond motifs is 1. The Balaban J connectivity index is 1.35. The average Bonchev–Trinajstić information content (AvgIpc) is 3.42. The van der Waals surface area contributed by atoms with E-state index in [2.05, 4.69) is 46.6 Å². The molecule has 1 aliphatic heterocycles. The first kappa shape index (κ1) is 22.8. The number of aromatic amines is 1. The van der Waals surface area contributed by atoms with Crippen LogP contribution in [-0.4, -0.2) is 50.7 Å². The van der Waals surface area contributed by atoms with E-state index in [4.69, 9.17) is 0 Å². The van der Waals surface area contributed by atoms with Gasteiger partial charge in [0.15, 0.2) is 5.69 Å². The molecule has 0 bridgehead atoms. The summed E-state index contributed by atoms with van der Waals surface area (Å²) < 4.78 is 1.77. The van der Waals surface area contributed by atoms with Gasteiger partial charge in [-0.15, -0.1) is 0 Å². The van der Waals surface area contributed by atoms with Crippen molar-refractivity contribution in [3.8, 4) is 0 Å². The number of anilines is 1. The van der Waals surface area contributed by atoms with Crippen LogP contribution in [0.2, 0.25) is 0 Å². The zero-order valence-corrected chi connectivity index (χ0v) is 20.3. The molecule has 5 rings (SSSR count). The van der Waals surface area contributed by atoms with E-state index in [9.17, 15) is 10.0 Å². The van der Waals surface area contributed by atoms with Crippen molar-refractivity contribution in [3.63, 3.8) is 0 Å². The zero-order valence-electron chi connectivity index (χ0n) is 20.3. The fraction of sp³-hybridized carbons (Fsp3) is 0.500. The number of hydrogen-bond donors (Lipinski definition) is 2. The Morgan fingerprint density at radius 2 is 2.00 bits per heavy atom. The molecule has 0 radical (unpaired) electrons. The maximum atomic E-state index is 13.1. The second-order valence-electron chi connectivity index (χ2n) is 11.0. The Labute approximate surface area is 200 Å². The molecule has 1 saturated heterocycles. The number of carbonyl (C=O) groups excluding carboxylic acids is 1. The third kappa shape index (κ3) is 4.65. The summed E-state index contributed by atoms with van der Waals surface area (Å²) >= 11 is 0. The largest absolute Gasteiger partial charge is 0.633 e. The predicted molar refractivity (Wildman–Crippen MR) is 131 cm³/mol. The highest BCUT2D eigenvalue weighted by Gasteiger charge is 2.33. The van der Waals surface area contributed by atoms with Crippen molar-refractivity contribution >= 4 is 11.6 Å². The molecule has 1 amide bonds. The van der Waals surface area contributed by atoms with Crippen LogP contribution in [-0.2, 0) is 12.8 Å². The summed E-state index contributed by atoms with van der Waals surface area (Å²) in [5.41, 5.74) is 4.63. The van der Waals surface area contributed by atoms with E-state index >= 15 is 0 Å². The molecule has 3 aromatic rings. The molecule has 0 spiro atoms. The van der Waals surface area contributed by atoms with E-state index in [0.717, 1.165) is 43.4 Å². The van der Waals surface area contributed by atoms with Crippen molar-refractivity contribution in [2.24, 2.45) is 11.3 Å². The lowest BCUT2D eigenvalue weighted by molar-refractivity contribution is -0.867. The standard InChI is InChI=1S/C26H34N6O2/c1-26(2)12-9-21-22(15-26)29-30-23(21)25(33)28-20-16-27-31(17-20)24(18-7-5-4-6-8-18)19-10-13-32(3,34)14-11-19/h4-8,16-17,19,24H,9-15H2,1-3H3,(H,28,33)(H,29,30). The van der Waals surface area contributed by atoms with E-state index in [0.29, 0.717) is 30.4 Å². The number of nitrogens with one attached hydrogen (secondary N) is 2. The molecule has 0 saturated carbocycles. The fourth-order valence-electron chi connectivity index (χ4n) is 5.52. The third-order valence-corrected chi connectivity index (χ3v) is 7.55. The second-order valence-corrected chi connectivity index (χ2v) is 11.0. The summed E-state index contributed by atoms with van der Waals surface area (Å²) in [6.07, 6.45) is 8.09. The van der Waals surface area contributed by atoms with Crippen LogP contribution in [0.4, 0.5) is 5.69 Å². The van der Waals surface area contributed by atoms with Crippen molar-refractivity contribution in [3.05, 3.63) is 70.4 Å². The Bertz CT molecular complexity index is 1150. The van der Waals surface area contributed by atoms with E-state index in [1.54, 1.807) is 13.2 Å². The SMILES string of the molecule is CC1(C)CCc2c(C(=O)Nc3cnn(C(c4ccccc4)C4CC[N+](C)([O-])CC4)c3)n[nH]c2C1. The normalized spacial score (nSPS) is 24.9. The van der Waals surface area contributed by atoms with Crippen LogP contribution in [0.1, 0.15) is 66.5 Å². The number of aromatic nitrogens is 4. The van der Waals surface area contributed by atoms with Gasteiger partial charge in [0.05, 0.1) is 38.1 Å². The first-order chi connectivity index (χ1) is 16.2. The van der Waals surface area contributed by atoms with Gasteiger partial charge in [0.1, 0.15) is 0 Å². The van der Waals surface area contributed by atoms with Crippen LogP contribution in [0.25, 0.3) is 0 Å². The predicted octanol–water partition coefficient (Wildman–Crippen LogP) is 4.32. The molecular weight excluding hydrogens is 428 g/mol. The number of H-pyrrole nitrogens is 1. The molecule has 1 atom stereocenters. The van der Waals surface area contributed by atoms with Crippen LogP contribution >= 0.6 is 0 Å². The number of hydrogen-bond acceptors (Lipinski definition) is 4. The first-order valence-corrected chi connectivity index (χ1v) is 12.2. The minimum Gasteiger partial charge on any atom is -0.633 e. The van der Waals surface area contributed by atoms with Gasteiger partial charge in [0.2, 0.25) is 0 Å². The van der Waals surface area contributed by atoms with Gasteiger partial charge >= 0.3 is 0 Å². The van der Waals surface area contributed by atoms with Gasteiger partial charge in [0.25, 0.3) is 5.91 Å². The van der Waals surface area contributed by atoms with Crippen molar-refractivity contribution in [2.75, 3.05) is 25.5 Å². The molecule has 2 aliphatic rings. The van der Waals surface area contributed by atoms with Crippen molar-refractivity contribution in [2.45, 2.75) is 52.0 Å². The van der Waals surface area contributed by atoms with Crippen LogP contribution in [0.3, 0.4) is 0 Å². The van der Waals surface area contributed by atoms with E-state index in [1.165, 1.54) is 5.56 Å². The van der Waals surface area contributed by atoms with Gasteiger partial charge in [-0.3, -0.25) is 14.6 Å². The lowest BCUT2D eigenvalue weighted by Gasteiger charge is -2.45. The molecule has 2 N–H and O–H groups in total. The zero-order chi connectivity index (χ0) is 23.9. The number of rotatable bonds is 5. The number of nitrogens with zero attached hydrogens (tertiary/aromatic N) is 4. The molecule has 1 fully saturated rings. The van der Waals surface area contributed by atoms with E-state index in [-0.39, 0.29) is 22.0 Å². The number of hydroxylamine groups is 3. The highest BCUT2D eigenvalue weighted by molar-refractivity contribution is 6.03. The molecule has 8 nitrogen and oxygen atoms in total. The van der Waals surface area contributed by atoms with Gasteiger partial charge in [-0.05, 0) is 36.2 Å². The maximum absolute atomic E-state index is 13.1. The van der Waals surface area contributed by atoms with Gasteiger partial charge in [-0.25, -0.2) is 0 Å². The summed E-state index contributed by atoms with van der Waals surface area (Å²) in [6.45, 7) is 5.72. The van der Waals surface area contributed by atoms with Crippen molar-refractivity contribution in [1.29, 1.82) is 0 Å². The van der Waals surface area contributed by atoms with Gasteiger partial charge in [-0.2, -0.15) is 10.2 Å².